The number of halogens is 1. The lowest BCUT2D eigenvalue weighted by atomic mass is 9.96. The van der Waals surface area contributed by atoms with Gasteiger partial charge in [-0.3, -0.25) is 4.99 Å². The van der Waals surface area contributed by atoms with Crippen LogP contribution in [0.15, 0.2) is 23.3 Å². The van der Waals surface area contributed by atoms with Gasteiger partial charge in [0.25, 0.3) is 0 Å². The van der Waals surface area contributed by atoms with Crippen molar-refractivity contribution >= 4 is 35.8 Å². The summed E-state index contributed by atoms with van der Waals surface area (Å²) < 4.78 is 5.46. The second kappa shape index (κ2) is 12.5. The molecule has 1 N–H and O–H groups in total. The van der Waals surface area contributed by atoms with Gasteiger partial charge in [-0.1, -0.05) is 0 Å². The summed E-state index contributed by atoms with van der Waals surface area (Å²) in [6, 6.07) is 4.29. The number of pyridine rings is 1. The fourth-order valence-corrected chi connectivity index (χ4v) is 3.86. The van der Waals surface area contributed by atoms with Gasteiger partial charge in [0.2, 0.25) is 0 Å². The van der Waals surface area contributed by atoms with Crippen LogP contribution in [0.25, 0.3) is 0 Å². The van der Waals surface area contributed by atoms with Gasteiger partial charge in [0.1, 0.15) is 5.82 Å². The number of likely N-dealkylation sites (N-methyl/N-ethyl adjacent to an activating group) is 1. The second-order valence-corrected chi connectivity index (χ2v) is 7.98. The maximum atomic E-state index is 5.46. The van der Waals surface area contributed by atoms with Crippen molar-refractivity contribution in [2.45, 2.75) is 25.8 Å². The molecule has 1 aromatic rings. The number of anilines is 1. The van der Waals surface area contributed by atoms with Gasteiger partial charge in [-0.15, -0.1) is 24.0 Å². The summed E-state index contributed by atoms with van der Waals surface area (Å²) in [5.41, 5.74) is 1.24. The fraction of sp³-hybridized carbons (Fsp3) is 0.714. The third-order valence-corrected chi connectivity index (χ3v) is 5.87. The van der Waals surface area contributed by atoms with Crippen LogP contribution in [0, 0.1) is 5.92 Å². The van der Waals surface area contributed by atoms with Gasteiger partial charge >= 0.3 is 0 Å². The van der Waals surface area contributed by atoms with Gasteiger partial charge in [-0.25, -0.2) is 4.98 Å². The van der Waals surface area contributed by atoms with Crippen molar-refractivity contribution in [3.05, 3.63) is 23.9 Å². The minimum absolute atomic E-state index is 0. The normalized spacial score (nSPS) is 19.0. The molecular formula is C21H37IN6O. The first-order valence-corrected chi connectivity index (χ1v) is 10.5. The van der Waals surface area contributed by atoms with E-state index in [0.717, 1.165) is 70.2 Å². The molecule has 8 heteroatoms. The quantitative estimate of drug-likeness (QED) is 0.356. The smallest absolute Gasteiger partial charge is 0.193 e. The maximum Gasteiger partial charge on any atom is 0.193 e. The van der Waals surface area contributed by atoms with E-state index in [1.165, 1.54) is 24.8 Å². The topological polar surface area (TPSA) is 56.2 Å². The zero-order chi connectivity index (χ0) is 19.8. The van der Waals surface area contributed by atoms with E-state index in [0.29, 0.717) is 0 Å². The molecule has 1 aromatic heterocycles. The molecule has 3 rings (SSSR count). The molecule has 0 saturated carbocycles. The molecular weight excluding hydrogens is 479 g/mol. The van der Waals surface area contributed by atoms with Crippen molar-refractivity contribution in [1.29, 1.82) is 0 Å². The van der Waals surface area contributed by atoms with Crippen molar-refractivity contribution in [3.8, 4) is 0 Å². The van der Waals surface area contributed by atoms with Crippen LogP contribution >= 0.6 is 24.0 Å². The first-order valence-electron chi connectivity index (χ1n) is 10.5. The Hall–Kier alpha value is -1.13. The minimum atomic E-state index is 0. The van der Waals surface area contributed by atoms with Crippen LogP contribution in [0.5, 0.6) is 0 Å². The predicted molar refractivity (Wildman–Crippen MR) is 130 cm³/mol. The predicted octanol–water partition coefficient (Wildman–Crippen LogP) is 2.28. The van der Waals surface area contributed by atoms with Crippen LogP contribution in [-0.4, -0.2) is 87.8 Å². The lowest BCUT2D eigenvalue weighted by Crippen LogP contribution is -2.44. The second-order valence-electron chi connectivity index (χ2n) is 7.98. The largest absolute Gasteiger partial charge is 0.381 e. The lowest BCUT2D eigenvalue weighted by Gasteiger charge is -2.33. The molecule has 0 bridgehead atoms. The van der Waals surface area contributed by atoms with Crippen molar-refractivity contribution in [3.63, 3.8) is 0 Å². The first kappa shape index (κ1) is 24.1. The Kier molecular flexibility index (Phi) is 10.4. The van der Waals surface area contributed by atoms with Crippen LogP contribution in [0.4, 0.5) is 5.82 Å². The van der Waals surface area contributed by atoms with Gasteiger partial charge in [0.15, 0.2) is 5.96 Å². The van der Waals surface area contributed by atoms with Crippen LogP contribution in [0.3, 0.4) is 0 Å². The van der Waals surface area contributed by atoms with E-state index in [2.05, 4.69) is 56.2 Å². The molecule has 0 aliphatic carbocycles. The molecule has 2 aliphatic heterocycles. The minimum Gasteiger partial charge on any atom is -0.381 e. The highest BCUT2D eigenvalue weighted by Gasteiger charge is 2.17. The molecule has 164 valence electrons. The van der Waals surface area contributed by atoms with Gasteiger partial charge in [-0.05, 0) is 49.9 Å². The van der Waals surface area contributed by atoms with Gasteiger partial charge in [0.05, 0.1) is 0 Å². The van der Waals surface area contributed by atoms with E-state index >= 15 is 0 Å². The standard InChI is InChI=1S/C21H36N6O.HI/c1-22-21(26(3)9-5-18-6-14-28-15-7-18)24-17-19-4-8-23-20(16-19)27-12-10-25(2)11-13-27;/h4,8,16,18H,5-7,9-15,17H2,1-3H3,(H,22,24);1H. The molecule has 0 amide bonds. The van der Waals surface area contributed by atoms with Crippen molar-refractivity contribution in [1.82, 2.24) is 20.1 Å². The number of hydrogen-bond acceptors (Lipinski definition) is 5. The number of nitrogens with one attached hydrogen (secondary N) is 1. The van der Waals surface area contributed by atoms with Crippen LogP contribution in [-0.2, 0) is 11.3 Å². The highest BCUT2D eigenvalue weighted by Crippen LogP contribution is 2.18. The van der Waals surface area contributed by atoms with Gasteiger partial charge in [-0.2, -0.15) is 0 Å². The number of ether oxygens (including phenoxy) is 1. The Balaban J connectivity index is 0.00000300. The molecule has 0 spiro atoms. The molecule has 2 saturated heterocycles. The number of aromatic nitrogens is 1. The molecule has 3 heterocycles. The van der Waals surface area contributed by atoms with Gasteiger partial charge < -0.3 is 24.8 Å². The highest BCUT2D eigenvalue weighted by atomic mass is 127. The van der Waals surface area contributed by atoms with Crippen molar-refractivity contribution < 1.29 is 4.74 Å². The van der Waals surface area contributed by atoms with E-state index in [1.54, 1.807) is 0 Å². The van der Waals surface area contributed by atoms with Gasteiger partial charge in [0, 0.05) is 72.8 Å². The maximum absolute atomic E-state index is 5.46. The van der Waals surface area contributed by atoms with Crippen LogP contribution in [0.2, 0.25) is 0 Å². The summed E-state index contributed by atoms with van der Waals surface area (Å²) >= 11 is 0. The molecule has 7 nitrogen and oxygen atoms in total. The lowest BCUT2D eigenvalue weighted by molar-refractivity contribution is 0.0625. The molecule has 0 atom stereocenters. The summed E-state index contributed by atoms with van der Waals surface area (Å²) in [4.78, 5) is 16.0. The van der Waals surface area contributed by atoms with E-state index in [9.17, 15) is 0 Å². The molecule has 0 aromatic carbocycles. The summed E-state index contributed by atoms with van der Waals surface area (Å²) in [5, 5.41) is 3.51. The Morgan fingerprint density at radius 1 is 1.28 bits per heavy atom. The molecule has 29 heavy (non-hydrogen) atoms. The number of guanidine groups is 1. The summed E-state index contributed by atoms with van der Waals surface area (Å²) in [5.74, 6) is 2.81. The summed E-state index contributed by atoms with van der Waals surface area (Å²) in [6.45, 7) is 7.88. The average Bonchev–Trinajstić information content (AvgIpc) is 2.74. The van der Waals surface area contributed by atoms with E-state index < -0.39 is 0 Å². The van der Waals surface area contributed by atoms with E-state index in [1.807, 2.05) is 13.2 Å². The Morgan fingerprint density at radius 3 is 2.69 bits per heavy atom. The molecule has 0 radical (unpaired) electrons. The molecule has 2 aliphatic rings. The zero-order valence-corrected chi connectivity index (χ0v) is 20.5. The number of piperazine rings is 1. The van der Waals surface area contributed by atoms with E-state index in [-0.39, 0.29) is 24.0 Å². The Labute approximate surface area is 192 Å². The monoisotopic (exact) mass is 516 g/mol. The zero-order valence-electron chi connectivity index (χ0n) is 18.1. The summed E-state index contributed by atoms with van der Waals surface area (Å²) in [6.07, 6.45) is 5.49. The SMILES string of the molecule is CN=C(NCc1ccnc(N2CCN(C)CC2)c1)N(C)CCC1CCOCC1.I. The molecule has 0 unspecified atom stereocenters. The average molecular weight is 516 g/mol. The Morgan fingerprint density at radius 2 is 2.00 bits per heavy atom. The fourth-order valence-electron chi connectivity index (χ4n) is 3.86. The van der Waals surface area contributed by atoms with E-state index in [4.69, 9.17) is 4.74 Å². The van der Waals surface area contributed by atoms with Crippen LogP contribution < -0.4 is 10.2 Å². The number of rotatable bonds is 6. The number of aliphatic imine (C=N–C) groups is 1. The highest BCUT2D eigenvalue weighted by molar-refractivity contribution is 14.0. The third-order valence-electron chi connectivity index (χ3n) is 5.87. The summed E-state index contributed by atoms with van der Waals surface area (Å²) in [7, 11) is 6.15. The van der Waals surface area contributed by atoms with Crippen LogP contribution in [0.1, 0.15) is 24.8 Å². The number of hydrogen-bond donors (Lipinski definition) is 1. The Bertz CT molecular complexity index is 629. The third kappa shape index (κ3) is 7.57. The number of nitrogens with zero attached hydrogens (tertiary/aromatic N) is 5. The van der Waals surface area contributed by atoms with Crippen molar-refractivity contribution in [2.24, 2.45) is 10.9 Å². The molecule has 2 fully saturated rings. The van der Waals surface area contributed by atoms with Crippen molar-refractivity contribution in [2.75, 3.05) is 72.0 Å². The first-order chi connectivity index (χ1) is 13.7.